The number of benzene rings is 1. The average Bonchev–Trinajstić information content (AvgIpc) is 3.19. The number of nitrogen functional groups attached to an aromatic ring is 1. The Morgan fingerprint density at radius 1 is 1.20 bits per heavy atom. The van der Waals surface area contributed by atoms with Gasteiger partial charge in [0.2, 0.25) is 10.0 Å². The van der Waals surface area contributed by atoms with E-state index in [1.54, 1.807) is 25.1 Å². The molecule has 0 bridgehead atoms. The first-order valence-corrected chi connectivity index (χ1v) is 11.6. The Bertz CT molecular complexity index is 1090. The van der Waals surface area contributed by atoms with Gasteiger partial charge in [0, 0.05) is 19.5 Å². The van der Waals surface area contributed by atoms with Crippen LogP contribution in [0.15, 0.2) is 23.6 Å². The van der Waals surface area contributed by atoms with Crippen LogP contribution in [0.3, 0.4) is 0 Å². The molecular weight excluding hydrogens is 430 g/mol. The van der Waals surface area contributed by atoms with E-state index in [0.29, 0.717) is 23.7 Å². The number of carbonyl (C=O) groups excluding carboxylic acids is 2. The van der Waals surface area contributed by atoms with Crippen LogP contribution in [0.4, 0.5) is 5.00 Å². The van der Waals surface area contributed by atoms with Gasteiger partial charge >= 0.3 is 0 Å². The summed E-state index contributed by atoms with van der Waals surface area (Å²) in [6, 6.07) is 3.75. The molecule has 0 saturated carbocycles. The van der Waals surface area contributed by atoms with Crippen molar-refractivity contribution in [3.8, 4) is 11.5 Å². The molecule has 1 aliphatic heterocycles. The fourth-order valence-corrected chi connectivity index (χ4v) is 5.03. The summed E-state index contributed by atoms with van der Waals surface area (Å²) in [4.78, 5) is 27.0. The first kappa shape index (κ1) is 22.1. The third-order valence-electron chi connectivity index (χ3n) is 4.81. The summed E-state index contributed by atoms with van der Waals surface area (Å²) < 4.78 is 37.3. The van der Waals surface area contributed by atoms with E-state index in [0.717, 1.165) is 20.5 Å². The lowest BCUT2D eigenvalue weighted by atomic mass is 10.1. The van der Waals surface area contributed by atoms with E-state index in [-0.39, 0.29) is 16.1 Å². The Hall–Kier alpha value is -2.63. The molecule has 0 spiro atoms. The number of hydrogen-bond acceptors (Lipinski definition) is 8. The van der Waals surface area contributed by atoms with Gasteiger partial charge in [-0.15, -0.1) is 11.3 Å². The van der Waals surface area contributed by atoms with Crippen LogP contribution in [0.1, 0.15) is 39.2 Å². The molecule has 1 aromatic carbocycles. The second-order valence-electron chi connectivity index (χ2n) is 6.79. The van der Waals surface area contributed by atoms with Crippen molar-refractivity contribution >= 4 is 38.2 Å². The van der Waals surface area contributed by atoms with Crippen molar-refractivity contribution in [3.63, 3.8) is 0 Å². The lowest BCUT2D eigenvalue weighted by molar-refractivity contribution is 0.0597. The highest BCUT2D eigenvalue weighted by atomic mass is 32.2. The SMILES string of the molecule is CCOc1cc([C@@H](CS(=O)(=O)N(C)C)N2C(=O)c3csc(N)c3C2=O)ccc1OC. The first-order chi connectivity index (χ1) is 14.1. The molecule has 9 nitrogen and oxygen atoms in total. The quantitative estimate of drug-likeness (QED) is 0.607. The molecule has 0 aliphatic carbocycles. The van der Waals surface area contributed by atoms with Gasteiger partial charge in [-0.05, 0) is 24.6 Å². The van der Waals surface area contributed by atoms with Crippen LogP contribution in [0.2, 0.25) is 0 Å². The number of sulfonamides is 1. The van der Waals surface area contributed by atoms with E-state index in [4.69, 9.17) is 15.2 Å². The van der Waals surface area contributed by atoms with Gasteiger partial charge in [-0.25, -0.2) is 12.7 Å². The van der Waals surface area contributed by atoms with Crippen molar-refractivity contribution in [3.05, 3.63) is 40.3 Å². The highest BCUT2D eigenvalue weighted by molar-refractivity contribution is 7.89. The summed E-state index contributed by atoms with van der Waals surface area (Å²) in [5.74, 6) is -0.824. The van der Waals surface area contributed by atoms with Crippen LogP contribution in [0, 0.1) is 0 Å². The molecule has 0 saturated heterocycles. The molecule has 0 radical (unpaired) electrons. The second kappa shape index (κ2) is 8.25. The number of amides is 2. The van der Waals surface area contributed by atoms with Crippen molar-refractivity contribution in [2.75, 3.05) is 39.3 Å². The maximum absolute atomic E-state index is 13.1. The number of ether oxygens (including phenoxy) is 2. The number of hydrogen-bond donors (Lipinski definition) is 1. The second-order valence-corrected chi connectivity index (χ2v) is 9.93. The van der Waals surface area contributed by atoms with E-state index in [2.05, 4.69) is 0 Å². The fourth-order valence-electron chi connectivity index (χ4n) is 3.21. The zero-order valence-corrected chi connectivity index (χ0v) is 18.7. The van der Waals surface area contributed by atoms with Crippen molar-refractivity contribution < 1.29 is 27.5 Å². The molecular formula is C19H23N3O6S2. The normalized spacial score (nSPS) is 14.9. The maximum atomic E-state index is 13.1. The molecule has 2 N–H and O–H groups in total. The highest BCUT2D eigenvalue weighted by Gasteiger charge is 2.44. The number of rotatable bonds is 8. The third kappa shape index (κ3) is 3.75. The highest BCUT2D eigenvalue weighted by Crippen LogP contribution is 2.40. The maximum Gasteiger partial charge on any atom is 0.265 e. The summed E-state index contributed by atoms with van der Waals surface area (Å²) >= 11 is 1.10. The van der Waals surface area contributed by atoms with Gasteiger partial charge in [-0.1, -0.05) is 6.07 Å². The minimum atomic E-state index is -3.76. The van der Waals surface area contributed by atoms with Gasteiger partial charge in [0.25, 0.3) is 11.8 Å². The molecule has 2 heterocycles. The number of methoxy groups -OCH3 is 1. The third-order valence-corrected chi connectivity index (χ3v) is 7.47. The molecule has 3 rings (SSSR count). The predicted octanol–water partition coefficient (Wildman–Crippen LogP) is 1.97. The van der Waals surface area contributed by atoms with Crippen LogP contribution >= 0.6 is 11.3 Å². The van der Waals surface area contributed by atoms with Gasteiger partial charge in [-0.2, -0.15) is 0 Å². The van der Waals surface area contributed by atoms with Gasteiger partial charge in [-0.3, -0.25) is 14.5 Å². The Morgan fingerprint density at radius 2 is 1.90 bits per heavy atom. The minimum absolute atomic E-state index is 0.121. The smallest absolute Gasteiger partial charge is 0.265 e. The minimum Gasteiger partial charge on any atom is -0.493 e. The number of imide groups is 1. The van der Waals surface area contributed by atoms with Crippen molar-refractivity contribution in [1.29, 1.82) is 0 Å². The summed E-state index contributed by atoms with van der Waals surface area (Å²) in [7, 11) is 0.515. The van der Waals surface area contributed by atoms with Crippen LogP contribution in [-0.2, 0) is 10.0 Å². The molecule has 1 aromatic heterocycles. The zero-order chi connectivity index (χ0) is 22.2. The van der Waals surface area contributed by atoms with Crippen molar-refractivity contribution in [1.82, 2.24) is 9.21 Å². The topological polar surface area (TPSA) is 119 Å². The van der Waals surface area contributed by atoms with Gasteiger partial charge in [0.05, 0.1) is 41.6 Å². The summed E-state index contributed by atoms with van der Waals surface area (Å²) in [6.45, 7) is 2.16. The zero-order valence-electron chi connectivity index (χ0n) is 17.0. The number of anilines is 1. The molecule has 0 unspecified atom stereocenters. The molecule has 0 fully saturated rings. The summed E-state index contributed by atoms with van der Waals surface area (Å²) in [6.07, 6.45) is 0. The van der Waals surface area contributed by atoms with E-state index in [1.807, 2.05) is 0 Å². The molecule has 1 atom stereocenters. The molecule has 11 heteroatoms. The van der Waals surface area contributed by atoms with Gasteiger partial charge < -0.3 is 15.2 Å². The number of nitrogens with two attached hydrogens (primary N) is 1. The van der Waals surface area contributed by atoms with Crippen LogP contribution in [-0.4, -0.2) is 63.0 Å². The van der Waals surface area contributed by atoms with Crippen LogP contribution in [0.25, 0.3) is 0 Å². The standard InChI is InChI=1S/C19H23N3O6S2/c1-5-28-15-8-11(6-7-14(15)27-4)13(10-30(25,26)21(2)3)22-18(23)12-9-29-17(20)16(12)19(22)24/h6-9,13H,5,10,20H2,1-4H3/t13-/m1/s1. The Labute approximate surface area is 179 Å². The number of nitrogens with zero attached hydrogens (tertiary/aromatic N) is 2. The number of fused-ring (bicyclic) bond motifs is 1. The summed E-state index contributed by atoms with van der Waals surface area (Å²) in [5, 5.41) is 1.74. The first-order valence-electron chi connectivity index (χ1n) is 9.08. The Morgan fingerprint density at radius 3 is 2.47 bits per heavy atom. The number of carbonyl (C=O) groups is 2. The lowest BCUT2D eigenvalue weighted by Crippen LogP contribution is -2.40. The van der Waals surface area contributed by atoms with Crippen molar-refractivity contribution in [2.24, 2.45) is 0 Å². The van der Waals surface area contributed by atoms with Gasteiger partial charge in [0.15, 0.2) is 11.5 Å². The molecule has 2 amide bonds. The lowest BCUT2D eigenvalue weighted by Gasteiger charge is -2.28. The fraction of sp³-hybridized carbons (Fsp3) is 0.368. The largest absolute Gasteiger partial charge is 0.493 e. The molecule has 30 heavy (non-hydrogen) atoms. The average molecular weight is 454 g/mol. The van der Waals surface area contributed by atoms with E-state index >= 15 is 0 Å². The molecule has 2 aromatic rings. The Balaban J connectivity index is 2.12. The van der Waals surface area contributed by atoms with E-state index < -0.39 is 33.6 Å². The van der Waals surface area contributed by atoms with E-state index in [9.17, 15) is 18.0 Å². The predicted molar refractivity (Wildman–Crippen MR) is 114 cm³/mol. The molecule has 1 aliphatic rings. The van der Waals surface area contributed by atoms with Crippen molar-refractivity contribution in [2.45, 2.75) is 13.0 Å². The summed E-state index contributed by atoms with van der Waals surface area (Å²) in [5.41, 5.74) is 6.62. The van der Waals surface area contributed by atoms with Crippen LogP contribution in [0.5, 0.6) is 11.5 Å². The van der Waals surface area contributed by atoms with Gasteiger partial charge in [0.1, 0.15) is 0 Å². The van der Waals surface area contributed by atoms with E-state index in [1.165, 1.54) is 26.6 Å². The molecule has 162 valence electrons. The number of thiophene rings is 1. The Kier molecular flexibility index (Phi) is 6.06. The van der Waals surface area contributed by atoms with Crippen LogP contribution < -0.4 is 15.2 Å². The monoisotopic (exact) mass is 453 g/mol.